The predicted octanol–water partition coefficient (Wildman–Crippen LogP) is 1.64. The number of hydrogen-bond donors (Lipinski definition) is 0. The summed E-state index contributed by atoms with van der Waals surface area (Å²) in [5.74, 6) is 0.960. The predicted molar refractivity (Wildman–Crippen MR) is 43.4 cm³/mol. The first-order valence-corrected chi connectivity index (χ1v) is 4.36. The minimum atomic E-state index is 0.234. The van der Waals surface area contributed by atoms with E-state index in [1.165, 1.54) is 0 Å². The number of hydrogen-bond acceptors (Lipinski definition) is 2. The van der Waals surface area contributed by atoms with Crippen molar-refractivity contribution in [2.24, 2.45) is 11.8 Å². The summed E-state index contributed by atoms with van der Waals surface area (Å²) >= 11 is 0. The van der Waals surface area contributed by atoms with E-state index in [1.54, 1.807) is 0 Å². The Labute approximate surface area is 67.9 Å². The standard InChI is InChI=1S/C9H16O2/c1-8(7-10)6-9-2-4-11-5-3-9/h7-9H,2-6H2,1H3/t8-/m0/s1. The van der Waals surface area contributed by atoms with Gasteiger partial charge in [0.05, 0.1) is 0 Å². The topological polar surface area (TPSA) is 26.3 Å². The highest BCUT2D eigenvalue weighted by atomic mass is 16.5. The van der Waals surface area contributed by atoms with Crippen LogP contribution < -0.4 is 0 Å². The van der Waals surface area contributed by atoms with Gasteiger partial charge in [-0.2, -0.15) is 0 Å². The SMILES string of the molecule is C[C@H](C=O)CC1CCOCC1. The second-order valence-electron chi connectivity index (χ2n) is 3.40. The highest BCUT2D eigenvalue weighted by molar-refractivity contribution is 5.52. The Balaban J connectivity index is 2.18. The maximum Gasteiger partial charge on any atom is 0.122 e. The molecule has 1 rings (SSSR count). The number of carbonyl (C=O) groups is 1. The molecule has 1 aliphatic heterocycles. The summed E-state index contributed by atoms with van der Waals surface area (Å²) in [7, 11) is 0. The van der Waals surface area contributed by atoms with Crippen LogP contribution in [0.4, 0.5) is 0 Å². The summed E-state index contributed by atoms with van der Waals surface area (Å²) < 4.78 is 5.23. The lowest BCUT2D eigenvalue weighted by Crippen LogP contribution is -2.18. The molecule has 0 saturated carbocycles. The van der Waals surface area contributed by atoms with Crippen molar-refractivity contribution in [3.05, 3.63) is 0 Å². The van der Waals surface area contributed by atoms with E-state index in [9.17, 15) is 4.79 Å². The van der Waals surface area contributed by atoms with E-state index in [2.05, 4.69) is 0 Å². The van der Waals surface area contributed by atoms with Crippen LogP contribution in [0.25, 0.3) is 0 Å². The molecule has 0 N–H and O–H groups in total. The average Bonchev–Trinajstić information content (AvgIpc) is 2.06. The van der Waals surface area contributed by atoms with Crippen LogP contribution in [-0.2, 0) is 9.53 Å². The minimum Gasteiger partial charge on any atom is -0.381 e. The first kappa shape index (κ1) is 8.72. The van der Waals surface area contributed by atoms with Crippen molar-refractivity contribution in [3.8, 4) is 0 Å². The largest absolute Gasteiger partial charge is 0.381 e. The minimum absolute atomic E-state index is 0.234. The van der Waals surface area contributed by atoms with E-state index in [1.807, 2.05) is 6.92 Å². The molecule has 2 heteroatoms. The van der Waals surface area contributed by atoms with Crippen LogP contribution in [0.5, 0.6) is 0 Å². The molecule has 0 radical (unpaired) electrons. The molecule has 1 fully saturated rings. The maximum absolute atomic E-state index is 10.3. The Morgan fingerprint density at radius 1 is 1.55 bits per heavy atom. The number of aldehydes is 1. The van der Waals surface area contributed by atoms with E-state index in [-0.39, 0.29) is 5.92 Å². The number of rotatable bonds is 3. The summed E-state index contributed by atoms with van der Waals surface area (Å²) in [6.45, 7) is 3.76. The van der Waals surface area contributed by atoms with Gasteiger partial charge in [-0.25, -0.2) is 0 Å². The molecule has 0 spiro atoms. The van der Waals surface area contributed by atoms with Gasteiger partial charge < -0.3 is 9.53 Å². The molecule has 0 bridgehead atoms. The van der Waals surface area contributed by atoms with E-state index in [4.69, 9.17) is 4.74 Å². The van der Waals surface area contributed by atoms with Crippen molar-refractivity contribution in [1.82, 2.24) is 0 Å². The molecule has 1 aliphatic rings. The van der Waals surface area contributed by atoms with Crippen LogP contribution in [0.3, 0.4) is 0 Å². The second kappa shape index (κ2) is 4.50. The van der Waals surface area contributed by atoms with Gasteiger partial charge in [-0.1, -0.05) is 6.92 Å². The third kappa shape index (κ3) is 3.02. The monoisotopic (exact) mass is 156 g/mol. The third-order valence-electron chi connectivity index (χ3n) is 2.28. The first-order valence-electron chi connectivity index (χ1n) is 4.36. The van der Waals surface area contributed by atoms with Gasteiger partial charge in [-0.05, 0) is 25.2 Å². The Morgan fingerprint density at radius 2 is 2.18 bits per heavy atom. The molecule has 0 aromatic carbocycles. The van der Waals surface area contributed by atoms with Crippen molar-refractivity contribution in [1.29, 1.82) is 0 Å². The molecule has 1 heterocycles. The summed E-state index contributed by atoms with van der Waals surface area (Å²) in [6, 6.07) is 0. The summed E-state index contributed by atoms with van der Waals surface area (Å²) in [4.78, 5) is 10.3. The van der Waals surface area contributed by atoms with Crippen molar-refractivity contribution in [3.63, 3.8) is 0 Å². The van der Waals surface area contributed by atoms with Crippen LogP contribution >= 0.6 is 0 Å². The molecule has 11 heavy (non-hydrogen) atoms. The number of ether oxygens (including phenoxy) is 1. The Hall–Kier alpha value is -0.370. The maximum atomic E-state index is 10.3. The molecule has 0 aliphatic carbocycles. The zero-order chi connectivity index (χ0) is 8.10. The third-order valence-corrected chi connectivity index (χ3v) is 2.28. The molecular weight excluding hydrogens is 140 g/mol. The molecule has 2 nitrogen and oxygen atoms in total. The molecule has 64 valence electrons. The van der Waals surface area contributed by atoms with Crippen LogP contribution in [-0.4, -0.2) is 19.5 Å². The van der Waals surface area contributed by atoms with Gasteiger partial charge in [0.15, 0.2) is 0 Å². The average molecular weight is 156 g/mol. The van der Waals surface area contributed by atoms with Crippen LogP contribution in [0.1, 0.15) is 26.2 Å². The summed E-state index contributed by atoms with van der Waals surface area (Å²) in [5.41, 5.74) is 0. The molecule has 0 amide bonds. The van der Waals surface area contributed by atoms with Gasteiger partial charge in [-0.15, -0.1) is 0 Å². The van der Waals surface area contributed by atoms with Crippen LogP contribution in [0, 0.1) is 11.8 Å². The quantitative estimate of drug-likeness (QED) is 0.581. The normalized spacial score (nSPS) is 23.0. The molecule has 0 unspecified atom stereocenters. The van der Waals surface area contributed by atoms with Crippen molar-refractivity contribution in [2.45, 2.75) is 26.2 Å². The van der Waals surface area contributed by atoms with E-state index in [0.717, 1.165) is 44.7 Å². The summed E-state index contributed by atoms with van der Waals surface area (Å²) in [5, 5.41) is 0. The summed E-state index contributed by atoms with van der Waals surface area (Å²) in [6.07, 6.45) is 4.37. The van der Waals surface area contributed by atoms with Gasteiger partial charge in [0.1, 0.15) is 6.29 Å². The van der Waals surface area contributed by atoms with E-state index in [0.29, 0.717) is 0 Å². The molecule has 0 aromatic rings. The smallest absolute Gasteiger partial charge is 0.122 e. The van der Waals surface area contributed by atoms with Gasteiger partial charge in [0.25, 0.3) is 0 Å². The first-order chi connectivity index (χ1) is 5.33. The van der Waals surface area contributed by atoms with Gasteiger partial charge in [-0.3, -0.25) is 0 Å². The van der Waals surface area contributed by atoms with E-state index >= 15 is 0 Å². The lowest BCUT2D eigenvalue weighted by atomic mass is 9.90. The lowest BCUT2D eigenvalue weighted by molar-refractivity contribution is -0.111. The highest BCUT2D eigenvalue weighted by Gasteiger charge is 2.15. The second-order valence-corrected chi connectivity index (χ2v) is 3.40. The van der Waals surface area contributed by atoms with Crippen LogP contribution in [0.15, 0.2) is 0 Å². The Morgan fingerprint density at radius 3 is 2.73 bits per heavy atom. The highest BCUT2D eigenvalue weighted by Crippen LogP contribution is 2.21. The zero-order valence-corrected chi connectivity index (χ0v) is 7.08. The lowest BCUT2D eigenvalue weighted by Gasteiger charge is -2.22. The van der Waals surface area contributed by atoms with Crippen LogP contribution in [0.2, 0.25) is 0 Å². The molecule has 0 aromatic heterocycles. The van der Waals surface area contributed by atoms with Gasteiger partial charge in [0.2, 0.25) is 0 Å². The van der Waals surface area contributed by atoms with Crippen molar-refractivity contribution >= 4 is 6.29 Å². The van der Waals surface area contributed by atoms with Gasteiger partial charge in [0, 0.05) is 19.1 Å². The fourth-order valence-electron chi connectivity index (χ4n) is 1.56. The fourth-order valence-corrected chi connectivity index (χ4v) is 1.56. The fraction of sp³-hybridized carbons (Fsp3) is 0.889. The number of carbonyl (C=O) groups excluding carboxylic acids is 1. The van der Waals surface area contributed by atoms with E-state index < -0.39 is 0 Å². The van der Waals surface area contributed by atoms with Crippen molar-refractivity contribution in [2.75, 3.05) is 13.2 Å². The Kier molecular flexibility index (Phi) is 3.57. The molecular formula is C9H16O2. The van der Waals surface area contributed by atoms with Crippen molar-refractivity contribution < 1.29 is 9.53 Å². The zero-order valence-electron chi connectivity index (χ0n) is 7.08. The molecule has 1 atom stereocenters. The molecule has 1 saturated heterocycles. The van der Waals surface area contributed by atoms with Gasteiger partial charge >= 0.3 is 0 Å². The Bertz CT molecular complexity index is 117.